The van der Waals surface area contributed by atoms with Crippen molar-refractivity contribution in [1.82, 2.24) is 0 Å². The molecule has 0 aromatic heterocycles. The summed E-state index contributed by atoms with van der Waals surface area (Å²) in [7, 11) is 0. The van der Waals surface area contributed by atoms with Gasteiger partial charge in [0.15, 0.2) is 0 Å². The Labute approximate surface area is 153 Å². The van der Waals surface area contributed by atoms with Gasteiger partial charge in [0, 0.05) is 25.6 Å². The zero-order chi connectivity index (χ0) is 24.7. The average Bonchev–Trinajstić information content (AvgIpc) is 2.66. The van der Waals surface area contributed by atoms with Crippen molar-refractivity contribution < 1.29 is 22.2 Å². The third kappa shape index (κ3) is 3.13. The third-order valence-electron chi connectivity index (χ3n) is 4.11. The molecule has 0 fully saturated rings. The van der Waals surface area contributed by atoms with Crippen LogP contribution in [0.4, 0.5) is 0 Å². The highest BCUT2D eigenvalue weighted by Crippen LogP contribution is 2.53. The van der Waals surface area contributed by atoms with Crippen molar-refractivity contribution in [2.24, 2.45) is 5.89 Å². The SMILES string of the molecule is [2H]C1=C(C)CC([2H])([2H])[C@@]2([2H])C(C)(C)Oc3c([2H])c(C([2H])([2H])CCCC)c([2H])c(O)c3[C@]12[2H]. The van der Waals surface area contributed by atoms with Crippen LogP contribution in [0.1, 0.15) is 89.1 Å². The van der Waals surface area contributed by atoms with Crippen LogP contribution in [0.5, 0.6) is 11.5 Å². The zero-order valence-electron chi connectivity index (χ0n) is 23.2. The molecule has 1 aromatic rings. The quantitative estimate of drug-likeness (QED) is 0.716. The fourth-order valence-corrected chi connectivity index (χ4v) is 2.92. The Bertz CT molecular complexity index is 1000. The Kier molecular flexibility index (Phi) is 2.33. The van der Waals surface area contributed by atoms with E-state index in [0.29, 0.717) is 12.8 Å². The second kappa shape index (κ2) is 6.22. The lowest BCUT2D eigenvalue weighted by atomic mass is 9.68. The van der Waals surface area contributed by atoms with Gasteiger partial charge in [-0.1, -0.05) is 31.4 Å². The average molecular weight is 324 g/mol. The molecule has 23 heavy (non-hydrogen) atoms. The summed E-state index contributed by atoms with van der Waals surface area (Å²) < 4.78 is 84.3. The molecule has 0 spiro atoms. The van der Waals surface area contributed by atoms with Gasteiger partial charge in [-0.05, 0) is 64.0 Å². The summed E-state index contributed by atoms with van der Waals surface area (Å²) in [5.74, 6) is -6.08. The summed E-state index contributed by atoms with van der Waals surface area (Å²) >= 11 is 0. The molecule has 1 N–H and O–H groups in total. The highest BCUT2D eigenvalue weighted by atomic mass is 16.5. The van der Waals surface area contributed by atoms with Crippen LogP contribution in [0.3, 0.4) is 0 Å². The summed E-state index contributed by atoms with van der Waals surface area (Å²) in [5, 5.41) is 11.1. The molecule has 3 rings (SSSR count). The lowest BCUT2D eigenvalue weighted by molar-refractivity contribution is 0.0107. The van der Waals surface area contributed by atoms with E-state index in [1.54, 1.807) is 0 Å². The predicted molar refractivity (Wildman–Crippen MR) is 95.3 cm³/mol. The normalized spacial score (nSPS) is 40.4. The maximum Gasteiger partial charge on any atom is 0.127 e. The Balaban J connectivity index is 2.48. The van der Waals surface area contributed by atoms with Crippen molar-refractivity contribution in [2.45, 2.75) is 77.6 Å². The molecule has 1 heterocycles. The largest absolute Gasteiger partial charge is 0.507 e. The molecule has 0 saturated heterocycles. The minimum Gasteiger partial charge on any atom is -0.507 e. The molecule has 0 radical (unpaired) electrons. The third-order valence-corrected chi connectivity index (χ3v) is 4.11. The molecule has 1 aliphatic heterocycles. The van der Waals surface area contributed by atoms with Crippen LogP contribution >= 0.6 is 0 Å². The standard InChI is InChI=1S/C21H30O2/c1-5-6-7-8-15-12-18(22)20-16-11-14(2)9-10-17(16)21(3,4)23-19(20)13-15/h11-13,16-17,22H,5-10H2,1-4H3/t16-,17-/m1/s1/i8D2,10D2,11D,12D,13D,16D,17D. The van der Waals surface area contributed by atoms with Crippen LogP contribution in [0.25, 0.3) is 0 Å². The second-order valence-electron chi connectivity index (χ2n) is 6.58. The molecule has 0 unspecified atom stereocenters. The molecular formula is C21H30O2. The van der Waals surface area contributed by atoms with Crippen LogP contribution in [0, 0.1) is 5.89 Å². The molecule has 2 heteroatoms. The van der Waals surface area contributed by atoms with E-state index in [9.17, 15) is 7.85 Å². The molecule has 0 bridgehead atoms. The molecular weight excluding hydrogens is 284 g/mol. The number of aromatic hydroxyl groups is 1. The topological polar surface area (TPSA) is 29.5 Å². The van der Waals surface area contributed by atoms with Crippen LogP contribution in [0.2, 0.25) is 0 Å². The van der Waals surface area contributed by atoms with Crippen LogP contribution in [-0.2, 0) is 6.37 Å². The number of hydrogen-bond acceptors (Lipinski definition) is 2. The number of hydrogen-bond donors (Lipinski definition) is 1. The second-order valence-corrected chi connectivity index (χ2v) is 6.58. The van der Waals surface area contributed by atoms with E-state index in [1.165, 1.54) is 20.8 Å². The molecule has 2 atom stereocenters. The van der Waals surface area contributed by atoms with Crippen molar-refractivity contribution in [2.75, 3.05) is 0 Å². The maximum absolute atomic E-state index is 11.1. The minimum atomic E-state index is -2.47. The number of phenols is 1. The highest BCUT2D eigenvalue weighted by Gasteiger charge is 2.45. The van der Waals surface area contributed by atoms with E-state index in [1.807, 2.05) is 6.92 Å². The van der Waals surface area contributed by atoms with Crippen molar-refractivity contribution in [1.29, 1.82) is 0 Å². The minimum absolute atomic E-state index is 0.0164. The lowest BCUT2D eigenvalue weighted by Gasteiger charge is -2.46. The first kappa shape index (κ1) is 8.60. The van der Waals surface area contributed by atoms with Gasteiger partial charge >= 0.3 is 0 Å². The van der Waals surface area contributed by atoms with Crippen molar-refractivity contribution in [3.05, 3.63) is 34.8 Å². The molecule has 0 saturated carbocycles. The van der Waals surface area contributed by atoms with Crippen molar-refractivity contribution in [3.8, 4) is 11.5 Å². The summed E-state index contributed by atoms with van der Waals surface area (Å²) in [6, 6.07) is -1.58. The Morgan fingerprint density at radius 1 is 1.48 bits per heavy atom. The highest BCUT2D eigenvalue weighted by molar-refractivity contribution is 5.53. The number of benzene rings is 1. The number of unbranched alkanes of at least 4 members (excludes halogenated alkanes) is 1. The Hall–Kier alpha value is -1.44. The smallest absolute Gasteiger partial charge is 0.127 e. The van der Waals surface area contributed by atoms with Gasteiger partial charge in [0.25, 0.3) is 0 Å². The monoisotopic (exact) mass is 323 g/mol. The van der Waals surface area contributed by atoms with Crippen LogP contribution in [0.15, 0.2) is 23.7 Å². The van der Waals surface area contributed by atoms with E-state index in [0.717, 1.165) is 0 Å². The van der Waals surface area contributed by atoms with Gasteiger partial charge < -0.3 is 9.84 Å². The fraction of sp³-hybridized carbons (Fsp3) is 0.619. The molecule has 2 aliphatic rings. The fourth-order valence-electron chi connectivity index (χ4n) is 2.92. The summed E-state index contributed by atoms with van der Waals surface area (Å²) in [6.45, 7) is 6.20. The lowest BCUT2D eigenvalue weighted by Crippen LogP contribution is -2.45. The van der Waals surface area contributed by atoms with Gasteiger partial charge in [-0.25, -0.2) is 0 Å². The van der Waals surface area contributed by atoms with E-state index < -0.39 is 53.5 Å². The Morgan fingerprint density at radius 2 is 2.26 bits per heavy atom. The first-order chi connectivity index (χ1) is 14.4. The van der Waals surface area contributed by atoms with E-state index in [4.69, 9.17) is 14.3 Å². The molecule has 0 amide bonds. The number of ether oxygens (including phenoxy) is 1. The first-order valence-electron chi connectivity index (χ1n) is 12.6. The molecule has 126 valence electrons. The molecule has 2 nitrogen and oxygen atoms in total. The number of fused-ring (bicyclic) bond motifs is 3. The van der Waals surface area contributed by atoms with Gasteiger partial charge in [-0.2, -0.15) is 0 Å². The van der Waals surface area contributed by atoms with Crippen LogP contribution < -0.4 is 4.74 Å². The van der Waals surface area contributed by atoms with E-state index in [2.05, 4.69) is 0 Å². The maximum atomic E-state index is 11.1. The number of phenolic OH excluding ortho intramolecular Hbond substituents is 1. The van der Waals surface area contributed by atoms with E-state index >= 15 is 0 Å². The summed E-state index contributed by atoms with van der Waals surface area (Å²) in [6.07, 6.45) is -3.51. The number of rotatable bonds is 4. The molecule has 1 aromatic carbocycles. The van der Waals surface area contributed by atoms with Crippen molar-refractivity contribution in [3.63, 3.8) is 0 Å². The van der Waals surface area contributed by atoms with Gasteiger partial charge in [-0.15, -0.1) is 0 Å². The van der Waals surface area contributed by atoms with Gasteiger partial charge in [-0.3, -0.25) is 0 Å². The zero-order valence-corrected chi connectivity index (χ0v) is 14.2. The van der Waals surface area contributed by atoms with Crippen molar-refractivity contribution >= 4 is 0 Å². The van der Waals surface area contributed by atoms with Crippen LogP contribution in [-0.4, -0.2) is 10.7 Å². The number of allylic oxidation sites excluding steroid dienone is 2. The summed E-state index contributed by atoms with van der Waals surface area (Å²) in [4.78, 5) is 0. The van der Waals surface area contributed by atoms with Gasteiger partial charge in [0.2, 0.25) is 0 Å². The predicted octanol–water partition coefficient (Wildman–Crippen LogP) is 5.74. The summed E-state index contributed by atoms with van der Waals surface area (Å²) in [5.41, 5.74) is -2.33. The van der Waals surface area contributed by atoms with Gasteiger partial charge in [0.1, 0.15) is 17.1 Å². The molecule has 1 aliphatic carbocycles. The van der Waals surface area contributed by atoms with E-state index in [-0.39, 0.29) is 35.8 Å². The Morgan fingerprint density at radius 3 is 3.00 bits per heavy atom. The van der Waals surface area contributed by atoms with Gasteiger partial charge in [0.05, 0.1) is 4.11 Å². The first-order valence-corrected chi connectivity index (χ1v) is 8.15.